The molecule has 3 heterocycles. The van der Waals surface area contributed by atoms with Crippen molar-refractivity contribution in [3.8, 4) is 23.0 Å². The first-order chi connectivity index (χ1) is 14.9. The van der Waals surface area contributed by atoms with Crippen molar-refractivity contribution in [2.24, 2.45) is 0 Å². The molecule has 2 aromatic carbocycles. The van der Waals surface area contributed by atoms with Gasteiger partial charge in [0.1, 0.15) is 11.9 Å². The highest BCUT2D eigenvalue weighted by molar-refractivity contribution is 5.59. The van der Waals surface area contributed by atoms with Gasteiger partial charge in [0.05, 0.1) is 30.7 Å². The molecule has 5 rings (SSSR count). The van der Waals surface area contributed by atoms with Crippen LogP contribution in [0.2, 0.25) is 0 Å². The van der Waals surface area contributed by atoms with Crippen molar-refractivity contribution >= 4 is 0 Å². The molecule has 158 valence electrons. The van der Waals surface area contributed by atoms with E-state index >= 15 is 0 Å². The number of fused-ring (bicyclic) bond motifs is 1. The molecule has 0 fully saturated rings. The summed E-state index contributed by atoms with van der Waals surface area (Å²) in [5, 5.41) is 3.85. The van der Waals surface area contributed by atoms with Crippen LogP contribution in [0, 0.1) is 5.82 Å². The molecule has 1 aliphatic heterocycles. The summed E-state index contributed by atoms with van der Waals surface area (Å²) in [5.41, 5.74) is 1.19. The fourth-order valence-corrected chi connectivity index (χ4v) is 3.48. The molecule has 10 heteroatoms. The third kappa shape index (κ3) is 3.59. The Morgan fingerprint density at radius 1 is 1.03 bits per heavy atom. The van der Waals surface area contributed by atoms with E-state index in [0.717, 1.165) is 12.1 Å². The standard InChI is InChI=1S/C21H14F4N4O2/c22-15-4-2-1-3-14(15)17-9-29-11-26-18(16(29)10-30-17)20-27-19(28-31-20)12-5-7-13(8-6-12)21(23,24)25/h1-8,11,17H,9-10H2/t17-/m0/s1. The van der Waals surface area contributed by atoms with Crippen LogP contribution in [-0.2, 0) is 24.1 Å². The van der Waals surface area contributed by atoms with Crippen LogP contribution < -0.4 is 0 Å². The maximum absolute atomic E-state index is 14.1. The minimum Gasteiger partial charge on any atom is -0.365 e. The summed E-state index contributed by atoms with van der Waals surface area (Å²) in [6.07, 6.45) is -3.29. The Morgan fingerprint density at radius 2 is 1.81 bits per heavy atom. The molecule has 6 nitrogen and oxygen atoms in total. The summed E-state index contributed by atoms with van der Waals surface area (Å²) < 4.78 is 65.2. The zero-order valence-electron chi connectivity index (χ0n) is 15.8. The molecule has 0 spiro atoms. The Balaban J connectivity index is 1.39. The predicted octanol–water partition coefficient (Wildman–Crippen LogP) is 5.03. The minimum absolute atomic E-state index is 0.122. The topological polar surface area (TPSA) is 66.0 Å². The van der Waals surface area contributed by atoms with Crippen LogP contribution in [0.1, 0.15) is 22.9 Å². The second kappa shape index (κ2) is 7.31. The number of halogens is 4. The fraction of sp³-hybridized carbons (Fsp3) is 0.190. The van der Waals surface area contributed by atoms with Gasteiger partial charge in [0.25, 0.3) is 5.89 Å². The molecule has 1 aliphatic rings. The van der Waals surface area contributed by atoms with Gasteiger partial charge in [-0.1, -0.05) is 35.5 Å². The summed E-state index contributed by atoms with van der Waals surface area (Å²) in [4.78, 5) is 8.58. The normalized spacial score (nSPS) is 16.3. The van der Waals surface area contributed by atoms with Crippen molar-refractivity contribution in [3.63, 3.8) is 0 Å². The van der Waals surface area contributed by atoms with E-state index in [0.29, 0.717) is 29.1 Å². The lowest BCUT2D eigenvalue weighted by Gasteiger charge is -2.25. The number of aromatic nitrogens is 4. The van der Waals surface area contributed by atoms with Crippen molar-refractivity contribution in [1.29, 1.82) is 0 Å². The van der Waals surface area contributed by atoms with Crippen LogP contribution in [0.15, 0.2) is 59.4 Å². The molecule has 0 unspecified atom stereocenters. The summed E-state index contributed by atoms with van der Waals surface area (Å²) in [6, 6.07) is 10.9. The molecule has 4 aromatic rings. The molecule has 2 aromatic heterocycles. The molecule has 0 N–H and O–H groups in total. The Morgan fingerprint density at radius 3 is 2.55 bits per heavy atom. The zero-order valence-corrected chi connectivity index (χ0v) is 15.8. The van der Waals surface area contributed by atoms with Gasteiger partial charge in [-0.15, -0.1) is 0 Å². The summed E-state index contributed by atoms with van der Waals surface area (Å²) >= 11 is 0. The molecule has 1 atom stereocenters. The lowest BCUT2D eigenvalue weighted by molar-refractivity contribution is -0.137. The number of benzene rings is 2. The van der Waals surface area contributed by atoms with Crippen LogP contribution in [0.5, 0.6) is 0 Å². The number of hydrogen-bond acceptors (Lipinski definition) is 5. The smallest absolute Gasteiger partial charge is 0.365 e. The summed E-state index contributed by atoms with van der Waals surface area (Å²) in [5.74, 6) is -0.0719. The molecule has 0 aliphatic carbocycles. The lowest BCUT2D eigenvalue weighted by Crippen LogP contribution is -2.21. The van der Waals surface area contributed by atoms with Crippen molar-refractivity contribution in [2.75, 3.05) is 0 Å². The first-order valence-electron chi connectivity index (χ1n) is 9.32. The molecule has 0 amide bonds. The first kappa shape index (κ1) is 19.4. The van der Waals surface area contributed by atoms with Crippen LogP contribution in [0.4, 0.5) is 17.6 Å². The zero-order chi connectivity index (χ0) is 21.6. The highest BCUT2D eigenvalue weighted by Crippen LogP contribution is 2.33. The largest absolute Gasteiger partial charge is 0.416 e. The van der Waals surface area contributed by atoms with Gasteiger partial charge in [-0.3, -0.25) is 0 Å². The van der Waals surface area contributed by atoms with Gasteiger partial charge in [-0.05, 0) is 18.2 Å². The van der Waals surface area contributed by atoms with E-state index in [4.69, 9.17) is 9.26 Å². The minimum atomic E-state index is -4.42. The molecule has 0 bridgehead atoms. The molecule has 0 saturated carbocycles. The van der Waals surface area contributed by atoms with E-state index in [1.165, 1.54) is 18.2 Å². The average Bonchev–Trinajstić information content (AvgIpc) is 3.40. The highest BCUT2D eigenvalue weighted by Gasteiger charge is 2.31. The van der Waals surface area contributed by atoms with E-state index in [-0.39, 0.29) is 24.1 Å². The number of ether oxygens (including phenoxy) is 1. The van der Waals surface area contributed by atoms with Crippen LogP contribution in [0.3, 0.4) is 0 Å². The van der Waals surface area contributed by atoms with Gasteiger partial charge in [0.15, 0.2) is 5.69 Å². The maximum Gasteiger partial charge on any atom is 0.416 e. The fourth-order valence-electron chi connectivity index (χ4n) is 3.48. The monoisotopic (exact) mass is 430 g/mol. The van der Waals surface area contributed by atoms with Crippen LogP contribution in [0.25, 0.3) is 23.0 Å². The van der Waals surface area contributed by atoms with Crippen LogP contribution >= 0.6 is 0 Å². The van der Waals surface area contributed by atoms with Crippen molar-refractivity contribution < 1.29 is 26.8 Å². The van der Waals surface area contributed by atoms with Gasteiger partial charge >= 0.3 is 6.18 Å². The van der Waals surface area contributed by atoms with Gasteiger partial charge < -0.3 is 13.8 Å². The van der Waals surface area contributed by atoms with Gasteiger partial charge in [-0.25, -0.2) is 9.37 Å². The average molecular weight is 430 g/mol. The third-order valence-electron chi connectivity index (χ3n) is 5.08. The lowest BCUT2D eigenvalue weighted by atomic mass is 10.1. The Labute approximate surface area is 173 Å². The molecule has 31 heavy (non-hydrogen) atoms. The number of imidazole rings is 1. The van der Waals surface area contributed by atoms with Crippen molar-refractivity contribution in [1.82, 2.24) is 19.7 Å². The SMILES string of the molecule is Fc1ccccc1[C@@H]1Cn2cnc(-c3nc(-c4ccc(C(F)(F)F)cc4)no3)c2CO1. The number of alkyl halides is 3. The maximum atomic E-state index is 14.1. The second-order valence-corrected chi connectivity index (χ2v) is 7.01. The number of nitrogens with zero attached hydrogens (tertiary/aromatic N) is 4. The Hall–Kier alpha value is -3.53. The first-order valence-corrected chi connectivity index (χ1v) is 9.32. The Kier molecular flexibility index (Phi) is 4.58. The molecular weight excluding hydrogens is 416 g/mol. The third-order valence-corrected chi connectivity index (χ3v) is 5.08. The predicted molar refractivity (Wildman–Crippen MR) is 99.9 cm³/mol. The van der Waals surface area contributed by atoms with Crippen molar-refractivity contribution in [2.45, 2.75) is 25.4 Å². The highest BCUT2D eigenvalue weighted by atomic mass is 19.4. The number of rotatable bonds is 3. The van der Waals surface area contributed by atoms with E-state index < -0.39 is 17.8 Å². The van der Waals surface area contributed by atoms with E-state index in [9.17, 15) is 17.6 Å². The Bertz CT molecular complexity index is 1230. The van der Waals surface area contributed by atoms with E-state index in [2.05, 4.69) is 15.1 Å². The summed E-state index contributed by atoms with van der Waals surface area (Å²) in [7, 11) is 0. The van der Waals surface area contributed by atoms with E-state index in [1.54, 1.807) is 24.5 Å². The van der Waals surface area contributed by atoms with Crippen LogP contribution in [-0.4, -0.2) is 19.7 Å². The quantitative estimate of drug-likeness (QED) is 0.427. The van der Waals surface area contributed by atoms with Gasteiger partial charge in [0.2, 0.25) is 5.82 Å². The van der Waals surface area contributed by atoms with E-state index in [1.807, 2.05) is 4.57 Å². The van der Waals surface area contributed by atoms with Gasteiger partial charge in [0, 0.05) is 11.1 Å². The van der Waals surface area contributed by atoms with Gasteiger partial charge in [-0.2, -0.15) is 18.2 Å². The second-order valence-electron chi connectivity index (χ2n) is 7.01. The van der Waals surface area contributed by atoms with Crippen molar-refractivity contribution in [3.05, 3.63) is 77.5 Å². The molecular formula is C21H14F4N4O2. The summed E-state index contributed by atoms with van der Waals surface area (Å²) in [6.45, 7) is 0.523. The number of hydrogen-bond donors (Lipinski definition) is 0. The molecule has 0 saturated heterocycles. The molecule has 0 radical (unpaired) electrons.